The van der Waals surface area contributed by atoms with Crippen molar-refractivity contribution in [2.75, 3.05) is 0 Å². The van der Waals surface area contributed by atoms with E-state index in [-0.39, 0.29) is 0 Å². The lowest BCUT2D eigenvalue weighted by molar-refractivity contribution is -0.107. The number of allylic oxidation sites excluding steroid dienone is 10. The van der Waals surface area contributed by atoms with Crippen LogP contribution < -0.4 is 0 Å². The van der Waals surface area contributed by atoms with Crippen LogP contribution >= 0.6 is 0 Å². The topological polar surface area (TPSA) is 17.1 Å². The first-order valence-electron chi connectivity index (χ1n) is 9.10. The van der Waals surface area contributed by atoms with Gasteiger partial charge in [0.05, 0.1) is 0 Å². The second-order valence-corrected chi connectivity index (χ2v) is 5.48. The molecule has 0 unspecified atom stereocenters. The molecule has 1 nitrogen and oxygen atoms in total. The molecule has 0 radical (unpaired) electrons. The van der Waals surface area contributed by atoms with Gasteiger partial charge in [-0.25, -0.2) is 0 Å². The number of carbonyl (C=O) groups is 1. The van der Waals surface area contributed by atoms with Crippen LogP contribution in [0.25, 0.3) is 0 Å². The van der Waals surface area contributed by atoms with Crippen molar-refractivity contribution in [2.24, 2.45) is 0 Å². The van der Waals surface area contributed by atoms with Gasteiger partial charge >= 0.3 is 0 Å². The van der Waals surface area contributed by atoms with Gasteiger partial charge in [0.25, 0.3) is 0 Å². The van der Waals surface area contributed by atoms with Gasteiger partial charge in [-0.05, 0) is 57.8 Å². The predicted octanol–water partition coefficient (Wildman–Crippen LogP) is 6.89. The molecule has 0 aliphatic rings. The molecule has 0 bridgehead atoms. The Hall–Kier alpha value is -1.63. The lowest BCUT2D eigenvalue weighted by Crippen LogP contribution is -1.71. The van der Waals surface area contributed by atoms with Crippen molar-refractivity contribution in [3.05, 3.63) is 60.8 Å². The lowest BCUT2D eigenvalue weighted by atomic mass is 10.2. The number of rotatable bonds is 15. The first kappa shape index (κ1) is 21.4. The molecule has 0 N–H and O–H groups in total. The van der Waals surface area contributed by atoms with Gasteiger partial charge in [0, 0.05) is 6.42 Å². The Labute approximate surface area is 143 Å². The molecule has 0 aromatic rings. The molecule has 0 atom stereocenters. The third-order valence-electron chi connectivity index (χ3n) is 3.29. The molecular weight excluding hydrogens is 280 g/mol. The summed E-state index contributed by atoms with van der Waals surface area (Å²) in [5.74, 6) is 0. The quantitative estimate of drug-likeness (QED) is 0.183. The summed E-state index contributed by atoms with van der Waals surface area (Å²) in [6.07, 6.45) is 33.7. The summed E-state index contributed by atoms with van der Waals surface area (Å²) in [4.78, 5) is 10.1. The maximum absolute atomic E-state index is 10.1. The van der Waals surface area contributed by atoms with Crippen LogP contribution in [0.3, 0.4) is 0 Å². The zero-order chi connectivity index (χ0) is 16.8. The van der Waals surface area contributed by atoms with Crippen molar-refractivity contribution in [3.63, 3.8) is 0 Å². The van der Waals surface area contributed by atoms with E-state index < -0.39 is 0 Å². The second kappa shape index (κ2) is 20.4. The van der Waals surface area contributed by atoms with E-state index in [1.54, 1.807) is 0 Å². The highest BCUT2D eigenvalue weighted by Crippen LogP contribution is 2.00. The fourth-order valence-electron chi connectivity index (χ4n) is 2.00. The number of carbonyl (C=O) groups excluding carboxylic acids is 1. The Morgan fingerprint density at radius 2 is 0.826 bits per heavy atom. The number of unbranched alkanes of at least 4 members (excludes halogenated alkanes) is 4. The highest BCUT2D eigenvalue weighted by molar-refractivity contribution is 5.49. The van der Waals surface area contributed by atoms with E-state index in [4.69, 9.17) is 0 Å². The Kier molecular flexibility index (Phi) is 18.9. The molecule has 128 valence electrons. The van der Waals surface area contributed by atoms with Crippen molar-refractivity contribution in [1.29, 1.82) is 0 Å². The minimum absolute atomic E-state index is 0.643. The second-order valence-electron chi connectivity index (χ2n) is 5.48. The zero-order valence-electron chi connectivity index (χ0n) is 14.8. The van der Waals surface area contributed by atoms with Crippen molar-refractivity contribution in [3.8, 4) is 0 Å². The molecule has 0 rings (SSSR count). The number of hydrogen-bond acceptors (Lipinski definition) is 1. The molecule has 0 aliphatic heterocycles. The predicted molar refractivity (Wildman–Crippen MR) is 104 cm³/mol. The highest BCUT2D eigenvalue weighted by atomic mass is 16.1. The van der Waals surface area contributed by atoms with Gasteiger partial charge in [-0.15, -0.1) is 0 Å². The van der Waals surface area contributed by atoms with E-state index in [0.29, 0.717) is 6.42 Å². The zero-order valence-corrected chi connectivity index (χ0v) is 14.8. The van der Waals surface area contributed by atoms with Gasteiger partial charge in [-0.3, -0.25) is 0 Å². The number of hydrogen-bond donors (Lipinski definition) is 0. The van der Waals surface area contributed by atoms with Crippen LogP contribution in [0.1, 0.15) is 71.1 Å². The molecule has 23 heavy (non-hydrogen) atoms. The van der Waals surface area contributed by atoms with Gasteiger partial charge in [0.15, 0.2) is 0 Å². The van der Waals surface area contributed by atoms with Gasteiger partial charge < -0.3 is 4.79 Å². The highest BCUT2D eigenvalue weighted by Gasteiger charge is 1.81. The van der Waals surface area contributed by atoms with E-state index in [9.17, 15) is 4.79 Å². The van der Waals surface area contributed by atoms with Crippen molar-refractivity contribution in [1.82, 2.24) is 0 Å². The van der Waals surface area contributed by atoms with E-state index in [1.807, 2.05) is 0 Å². The van der Waals surface area contributed by atoms with Crippen molar-refractivity contribution >= 4 is 6.29 Å². The Morgan fingerprint density at radius 1 is 0.478 bits per heavy atom. The molecule has 0 spiro atoms. The van der Waals surface area contributed by atoms with Crippen molar-refractivity contribution in [2.45, 2.75) is 71.1 Å². The van der Waals surface area contributed by atoms with E-state index in [0.717, 1.165) is 64.1 Å². The fourth-order valence-corrected chi connectivity index (χ4v) is 2.00. The molecule has 0 amide bonds. The van der Waals surface area contributed by atoms with Gasteiger partial charge in [-0.1, -0.05) is 67.7 Å². The van der Waals surface area contributed by atoms with Gasteiger partial charge in [0.1, 0.15) is 6.29 Å². The van der Waals surface area contributed by atoms with E-state index >= 15 is 0 Å². The van der Waals surface area contributed by atoms with Crippen LogP contribution in [0.15, 0.2) is 60.8 Å². The standard InChI is InChI=1S/C22H34O/c1-2-3-4-5-6-7-8-9-10-11-12-13-14-15-16-17-18-19-20-21-22-23/h3-4,7-8,10-11,14-15,18-19,22H,2,5-6,9,12-13,16-17,20-21H2,1H3. The van der Waals surface area contributed by atoms with Crippen LogP contribution in [0.5, 0.6) is 0 Å². The Bertz CT molecular complexity index is 383. The van der Waals surface area contributed by atoms with Crippen molar-refractivity contribution < 1.29 is 4.79 Å². The molecule has 0 aliphatic carbocycles. The lowest BCUT2D eigenvalue weighted by Gasteiger charge is -1.89. The largest absolute Gasteiger partial charge is 0.303 e. The number of aldehydes is 1. The SMILES string of the molecule is CCC=CCCC=CCC=CCCC=CCCC=CCCC=O. The smallest absolute Gasteiger partial charge is 0.120 e. The molecule has 0 fully saturated rings. The third kappa shape index (κ3) is 20.4. The fraction of sp³-hybridized carbons (Fsp3) is 0.500. The molecule has 0 saturated carbocycles. The maximum atomic E-state index is 10.1. The Balaban J connectivity index is 3.37. The van der Waals surface area contributed by atoms with E-state index in [2.05, 4.69) is 67.7 Å². The van der Waals surface area contributed by atoms with Crippen LogP contribution in [-0.4, -0.2) is 6.29 Å². The van der Waals surface area contributed by atoms with Gasteiger partial charge in [-0.2, -0.15) is 0 Å². The van der Waals surface area contributed by atoms with Crippen LogP contribution in [-0.2, 0) is 4.79 Å². The summed E-state index contributed by atoms with van der Waals surface area (Å²) < 4.78 is 0. The van der Waals surface area contributed by atoms with Crippen LogP contribution in [0.4, 0.5) is 0 Å². The molecule has 1 heteroatoms. The molecule has 0 aromatic heterocycles. The summed E-state index contributed by atoms with van der Waals surface area (Å²) in [5.41, 5.74) is 0. The van der Waals surface area contributed by atoms with Gasteiger partial charge in [0.2, 0.25) is 0 Å². The summed E-state index contributed by atoms with van der Waals surface area (Å²) in [6, 6.07) is 0. The molecular formula is C22H34O. The third-order valence-corrected chi connectivity index (χ3v) is 3.29. The monoisotopic (exact) mass is 314 g/mol. The summed E-state index contributed by atoms with van der Waals surface area (Å²) >= 11 is 0. The molecule has 0 saturated heterocycles. The summed E-state index contributed by atoms with van der Waals surface area (Å²) in [7, 11) is 0. The minimum Gasteiger partial charge on any atom is -0.303 e. The first-order chi connectivity index (χ1) is 11.4. The molecule has 0 aromatic carbocycles. The maximum Gasteiger partial charge on any atom is 0.120 e. The average Bonchev–Trinajstić information content (AvgIpc) is 2.57. The van der Waals surface area contributed by atoms with E-state index in [1.165, 1.54) is 0 Å². The summed E-state index contributed by atoms with van der Waals surface area (Å²) in [5, 5.41) is 0. The normalized spacial score (nSPS) is 12.7. The Morgan fingerprint density at radius 3 is 1.22 bits per heavy atom. The summed E-state index contributed by atoms with van der Waals surface area (Å²) in [6.45, 7) is 2.17. The van der Waals surface area contributed by atoms with Crippen LogP contribution in [0, 0.1) is 0 Å². The average molecular weight is 315 g/mol. The minimum atomic E-state index is 0.643. The van der Waals surface area contributed by atoms with Crippen LogP contribution in [0.2, 0.25) is 0 Å². The first-order valence-corrected chi connectivity index (χ1v) is 9.10. The molecule has 0 heterocycles.